The number of Topliss-reactive ketones (excluding diaryl/α,β-unsaturated/α-hetero) is 3. The van der Waals surface area contributed by atoms with Crippen LogP contribution in [0.2, 0.25) is 0 Å². The van der Waals surface area contributed by atoms with E-state index in [-0.39, 0.29) is 25.2 Å². The third-order valence-electron chi connectivity index (χ3n) is 7.83. The first kappa shape index (κ1) is 33.0. The lowest BCUT2D eigenvalue weighted by Crippen LogP contribution is -2.18. The molecule has 34 heavy (non-hydrogen) atoms. The van der Waals surface area contributed by atoms with Crippen molar-refractivity contribution in [3.05, 3.63) is 0 Å². The van der Waals surface area contributed by atoms with E-state index in [1.165, 1.54) is 77.0 Å². The van der Waals surface area contributed by atoms with Crippen LogP contribution in [0.25, 0.3) is 0 Å². The Balaban J connectivity index is 0.000000475. The van der Waals surface area contributed by atoms with E-state index < -0.39 is 0 Å². The Morgan fingerprint density at radius 1 is 0.471 bits per heavy atom. The third kappa shape index (κ3) is 14.4. The average molecular weight is 479 g/mol. The summed E-state index contributed by atoms with van der Waals surface area (Å²) in [6.45, 7) is 12.0. The molecule has 3 rings (SSSR count). The lowest BCUT2D eigenvalue weighted by atomic mass is 9.80. The first-order chi connectivity index (χ1) is 15.6. The fraction of sp³-hybridized carbons (Fsp3) is 0.903. The number of hydrogen-bond donors (Lipinski definition) is 0. The number of hydrogen-bond acceptors (Lipinski definition) is 3. The van der Waals surface area contributed by atoms with Gasteiger partial charge in [-0.2, -0.15) is 0 Å². The summed E-state index contributed by atoms with van der Waals surface area (Å²) >= 11 is 0. The maximum atomic E-state index is 11.4. The standard InChI is InChI=1S/C11H20O.C10H18O.C9H16O.CH4/c1-9(2)11(12)8-10-6-4-3-5-7-10;1-8(2)10(11)7-9-5-3-4-6-9;1-7(2)9(10)6-8-4-3-5-8;/h9-10H,3-8H2,1-2H3;8-9H,3-7H2,1-2H3;7-8H,3-6H2,1-2H3;1H4. The van der Waals surface area contributed by atoms with E-state index >= 15 is 0 Å². The van der Waals surface area contributed by atoms with Gasteiger partial charge in [0.05, 0.1) is 0 Å². The number of ketones is 3. The van der Waals surface area contributed by atoms with Crippen LogP contribution in [0, 0.1) is 35.5 Å². The van der Waals surface area contributed by atoms with Crippen LogP contribution in [0.1, 0.15) is 145 Å². The molecule has 3 heteroatoms. The summed E-state index contributed by atoms with van der Waals surface area (Å²) in [5.41, 5.74) is 0. The Morgan fingerprint density at radius 2 is 0.706 bits per heavy atom. The van der Waals surface area contributed by atoms with Gasteiger partial charge >= 0.3 is 0 Å². The van der Waals surface area contributed by atoms with Crippen molar-refractivity contribution in [1.82, 2.24) is 0 Å². The van der Waals surface area contributed by atoms with Gasteiger partial charge in [-0.15, -0.1) is 0 Å². The van der Waals surface area contributed by atoms with Gasteiger partial charge in [0.15, 0.2) is 0 Å². The SMILES string of the molecule is C.CC(C)C(=O)CC1CCC1.CC(C)C(=O)CC1CCCC1.CC(C)C(=O)CC1CCCCC1. The molecule has 0 aromatic rings. The smallest absolute Gasteiger partial charge is 0.135 e. The predicted octanol–water partition coefficient (Wildman–Crippen LogP) is 9.01. The molecule has 0 heterocycles. The molecule has 0 spiro atoms. The second-order valence-electron chi connectivity index (χ2n) is 11.9. The van der Waals surface area contributed by atoms with Crippen LogP contribution in [-0.2, 0) is 14.4 Å². The number of rotatable bonds is 9. The lowest BCUT2D eigenvalue weighted by Gasteiger charge is -2.24. The van der Waals surface area contributed by atoms with Crippen LogP contribution in [0.5, 0.6) is 0 Å². The van der Waals surface area contributed by atoms with Crippen molar-refractivity contribution < 1.29 is 14.4 Å². The second kappa shape index (κ2) is 18.3. The molecule has 3 fully saturated rings. The van der Waals surface area contributed by atoms with Crippen LogP contribution in [-0.4, -0.2) is 17.3 Å². The maximum Gasteiger partial charge on any atom is 0.135 e. The van der Waals surface area contributed by atoms with E-state index in [9.17, 15) is 14.4 Å². The van der Waals surface area contributed by atoms with E-state index in [0.29, 0.717) is 23.3 Å². The Morgan fingerprint density at radius 3 is 0.912 bits per heavy atom. The fourth-order valence-corrected chi connectivity index (χ4v) is 4.86. The third-order valence-corrected chi connectivity index (χ3v) is 7.83. The maximum absolute atomic E-state index is 11.4. The summed E-state index contributed by atoms with van der Waals surface area (Å²) in [6.07, 6.45) is 18.4. The summed E-state index contributed by atoms with van der Waals surface area (Å²) in [6, 6.07) is 0. The molecular weight excluding hydrogens is 420 g/mol. The van der Waals surface area contributed by atoms with Gasteiger partial charge in [-0.1, -0.05) is 126 Å². The second-order valence-corrected chi connectivity index (χ2v) is 11.9. The normalized spacial score (nSPS) is 19.0. The van der Waals surface area contributed by atoms with Crippen LogP contribution >= 0.6 is 0 Å². The van der Waals surface area contributed by atoms with E-state index in [1.807, 2.05) is 41.5 Å². The first-order valence-electron chi connectivity index (χ1n) is 14.2. The molecule has 3 nitrogen and oxygen atoms in total. The van der Waals surface area contributed by atoms with Crippen molar-refractivity contribution in [2.24, 2.45) is 35.5 Å². The topological polar surface area (TPSA) is 51.2 Å². The highest BCUT2D eigenvalue weighted by molar-refractivity contribution is 5.81. The zero-order valence-electron chi connectivity index (χ0n) is 22.8. The highest BCUT2D eigenvalue weighted by Gasteiger charge is 2.22. The molecule has 0 unspecified atom stereocenters. The molecule has 0 aromatic carbocycles. The molecule has 0 bridgehead atoms. The van der Waals surface area contributed by atoms with Crippen molar-refractivity contribution in [3.8, 4) is 0 Å². The fourth-order valence-electron chi connectivity index (χ4n) is 4.86. The molecular formula is C31H58O3. The first-order valence-corrected chi connectivity index (χ1v) is 14.2. The summed E-state index contributed by atoms with van der Waals surface area (Å²) in [5, 5.41) is 0. The van der Waals surface area contributed by atoms with E-state index in [0.717, 1.165) is 31.1 Å². The molecule has 0 atom stereocenters. The Bertz CT molecular complexity index is 559. The molecule has 0 amide bonds. The lowest BCUT2D eigenvalue weighted by molar-refractivity contribution is -0.124. The Kier molecular flexibility index (Phi) is 17.8. The zero-order chi connectivity index (χ0) is 24.8. The van der Waals surface area contributed by atoms with Crippen LogP contribution in [0.15, 0.2) is 0 Å². The molecule has 0 aliphatic heterocycles. The van der Waals surface area contributed by atoms with Gasteiger partial charge in [0, 0.05) is 37.0 Å². The summed E-state index contributed by atoms with van der Waals surface area (Å²) in [7, 11) is 0. The monoisotopic (exact) mass is 478 g/mol. The molecule has 0 radical (unpaired) electrons. The highest BCUT2D eigenvalue weighted by atomic mass is 16.1. The van der Waals surface area contributed by atoms with Crippen molar-refractivity contribution in [1.29, 1.82) is 0 Å². The van der Waals surface area contributed by atoms with E-state index in [1.54, 1.807) is 0 Å². The summed E-state index contributed by atoms with van der Waals surface area (Å²) in [5.74, 6) is 4.29. The van der Waals surface area contributed by atoms with Gasteiger partial charge in [-0.3, -0.25) is 14.4 Å². The summed E-state index contributed by atoms with van der Waals surface area (Å²) < 4.78 is 0. The molecule has 0 saturated heterocycles. The minimum absolute atomic E-state index is 0. The highest BCUT2D eigenvalue weighted by Crippen LogP contribution is 2.30. The van der Waals surface area contributed by atoms with Crippen molar-refractivity contribution in [2.75, 3.05) is 0 Å². The molecule has 0 aromatic heterocycles. The largest absolute Gasteiger partial charge is 0.299 e. The molecule has 3 aliphatic carbocycles. The average Bonchev–Trinajstić information content (AvgIpc) is 3.25. The van der Waals surface area contributed by atoms with Gasteiger partial charge in [0.1, 0.15) is 17.3 Å². The van der Waals surface area contributed by atoms with Crippen molar-refractivity contribution in [3.63, 3.8) is 0 Å². The Labute approximate surface area is 212 Å². The Hall–Kier alpha value is -0.990. The van der Waals surface area contributed by atoms with Crippen molar-refractivity contribution in [2.45, 2.75) is 145 Å². The van der Waals surface area contributed by atoms with E-state index in [4.69, 9.17) is 0 Å². The van der Waals surface area contributed by atoms with E-state index in [2.05, 4.69) is 0 Å². The van der Waals surface area contributed by atoms with Gasteiger partial charge in [-0.05, 0) is 17.8 Å². The predicted molar refractivity (Wildman–Crippen MR) is 146 cm³/mol. The molecule has 3 aliphatic rings. The van der Waals surface area contributed by atoms with Crippen LogP contribution in [0.3, 0.4) is 0 Å². The van der Waals surface area contributed by atoms with Gasteiger partial charge in [-0.25, -0.2) is 0 Å². The molecule has 3 saturated carbocycles. The minimum atomic E-state index is 0. The van der Waals surface area contributed by atoms with Gasteiger partial charge in [0.2, 0.25) is 0 Å². The summed E-state index contributed by atoms with van der Waals surface area (Å²) in [4.78, 5) is 33.9. The van der Waals surface area contributed by atoms with Crippen LogP contribution in [0.4, 0.5) is 0 Å². The van der Waals surface area contributed by atoms with Gasteiger partial charge < -0.3 is 0 Å². The van der Waals surface area contributed by atoms with Gasteiger partial charge in [0.25, 0.3) is 0 Å². The zero-order valence-corrected chi connectivity index (χ0v) is 22.8. The van der Waals surface area contributed by atoms with Crippen LogP contribution < -0.4 is 0 Å². The number of carbonyl (C=O) groups excluding carboxylic acids is 3. The minimum Gasteiger partial charge on any atom is -0.299 e. The quantitative estimate of drug-likeness (QED) is 0.332. The number of carbonyl (C=O) groups is 3. The molecule has 200 valence electrons. The molecule has 0 N–H and O–H groups in total. The van der Waals surface area contributed by atoms with Crippen molar-refractivity contribution >= 4 is 17.3 Å².